The topological polar surface area (TPSA) is 85.9 Å². The first-order valence-electron chi connectivity index (χ1n) is 8.77. The number of aryl methyl sites for hydroxylation is 1. The molecule has 7 nitrogen and oxygen atoms in total. The maximum atomic E-state index is 12.8. The third kappa shape index (κ3) is 4.97. The fraction of sp³-hybridized carbons (Fsp3) is 0.190. The van der Waals surface area contributed by atoms with Crippen LogP contribution in [0.5, 0.6) is 11.5 Å². The molecule has 0 aliphatic carbocycles. The van der Waals surface area contributed by atoms with Gasteiger partial charge in [-0.15, -0.1) is 11.8 Å². The van der Waals surface area contributed by atoms with Crippen LogP contribution in [0, 0.1) is 6.92 Å². The van der Waals surface area contributed by atoms with Crippen LogP contribution in [0.3, 0.4) is 0 Å². The fourth-order valence-corrected chi connectivity index (χ4v) is 3.64. The minimum atomic E-state index is -0.388. The molecule has 2 aromatic heterocycles. The molecule has 0 unspecified atom stereocenters. The number of carbonyl (C=O) groups is 1. The average molecular weight is 411 g/mol. The standard InChI is InChI=1S/C21H21N3O4S/c1-14-12-24(26)10-8-18(14)23-20(25)17-5-4-9-22-21(17)29-13-15-6-7-16(27-2)11-19(15)28-3/h4-12,26H,13H2,1-3H3. The number of hydrogen-bond acceptors (Lipinski definition) is 6. The fourth-order valence-electron chi connectivity index (χ4n) is 2.67. The van der Waals surface area contributed by atoms with Crippen LogP contribution in [-0.2, 0) is 5.75 Å². The maximum absolute atomic E-state index is 12.8. The molecule has 1 amide bonds. The zero-order valence-corrected chi connectivity index (χ0v) is 17.1. The monoisotopic (exact) mass is 411 g/mol. The number of ether oxygens (including phenoxy) is 2. The van der Waals surface area contributed by atoms with E-state index in [2.05, 4.69) is 9.98 Å². The Hall–Kier alpha value is -3.26. The van der Waals surface area contributed by atoms with E-state index in [1.54, 1.807) is 45.5 Å². The SMILES string of the molecule is COc1ccc(CSc2ncccc2C(=O)N=c2ccn(O)cc2C)c(OC)c1. The van der Waals surface area contributed by atoms with E-state index in [0.717, 1.165) is 10.3 Å². The average Bonchev–Trinajstić information content (AvgIpc) is 2.74. The number of carbonyl (C=O) groups excluding carboxylic acids is 1. The molecule has 0 saturated heterocycles. The highest BCUT2D eigenvalue weighted by molar-refractivity contribution is 7.98. The van der Waals surface area contributed by atoms with Crippen molar-refractivity contribution in [1.29, 1.82) is 0 Å². The van der Waals surface area contributed by atoms with Crippen LogP contribution in [0.4, 0.5) is 0 Å². The molecule has 1 N–H and O–H groups in total. The Balaban J connectivity index is 1.85. The van der Waals surface area contributed by atoms with Gasteiger partial charge in [-0.05, 0) is 36.8 Å². The highest BCUT2D eigenvalue weighted by Crippen LogP contribution is 2.31. The van der Waals surface area contributed by atoms with Gasteiger partial charge in [0.15, 0.2) is 0 Å². The van der Waals surface area contributed by atoms with Crippen LogP contribution in [-0.4, -0.2) is 35.0 Å². The molecule has 3 rings (SSSR count). The summed E-state index contributed by atoms with van der Waals surface area (Å²) in [6.45, 7) is 1.77. The summed E-state index contributed by atoms with van der Waals surface area (Å²) >= 11 is 1.43. The van der Waals surface area contributed by atoms with Crippen molar-refractivity contribution in [3.8, 4) is 11.5 Å². The van der Waals surface area contributed by atoms with Crippen molar-refractivity contribution < 1.29 is 19.5 Å². The van der Waals surface area contributed by atoms with Gasteiger partial charge in [0.25, 0.3) is 5.91 Å². The lowest BCUT2D eigenvalue weighted by molar-refractivity contribution is 0.0994. The number of amides is 1. The third-order valence-corrected chi connectivity index (χ3v) is 5.25. The quantitative estimate of drug-likeness (QED) is 0.494. The molecular formula is C21H21N3O4S. The Morgan fingerprint density at radius 1 is 1.24 bits per heavy atom. The van der Waals surface area contributed by atoms with E-state index >= 15 is 0 Å². The van der Waals surface area contributed by atoms with Crippen LogP contribution in [0.1, 0.15) is 21.5 Å². The van der Waals surface area contributed by atoms with Crippen molar-refractivity contribution >= 4 is 17.7 Å². The number of thioether (sulfide) groups is 1. The first-order valence-corrected chi connectivity index (χ1v) is 9.76. The van der Waals surface area contributed by atoms with E-state index in [1.165, 1.54) is 24.2 Å². The highest BCUT2D eigenvalue weighted by atomic mass is 32.2. The van der Waals surface area contributed by atoms with E-state index in [4.69, 9.17) is 9.47 Å². The normalized spacial score (nSPS) is 11.3. The molecule has 0 aliphatic heterocycles. The lowest BCUT2D eigenvalue weighted by Crippen LogP contribution is -2.13. The van der Waals surface area contributed by atoms with Gasteiger partial charge >= 0.3 is 0 Å². The number of rotatable bonds is 6. The third-order valence-electron chi connectivity index (χ3n) is 4.20. The van der Waals surface area contributed by atoms with Gasteiger partial charge in [-0.3, -0.25) is 4.79 Å². The molecular weight excluding hydrogens is 390 g/mol. The number of pyridine rings is 2. The summed E-state index contributed by atoms with van der Waals surface area (Å²) in [6.07, 6.45) is 4.56. The van der Waals surface area contributed by atoms with Crippen molar-refractivity contribution in [3.63, 3.8) is 0 Å². The zero-order valence-electron chi connectivity index (χ0n) is 16.3. The van der Waals surface area contributed by atoms with Gasteiger partial charge < -0.3 is 14.7 Å². The minimum absolute atomic E-state index is 0.388. The predicted molar refractivity (Wildman–Crippen MR) is 110 cm³/mol. The Labute approximate surface area is 172 Å². The summed E-state index contributed by atoms with van der Waals surface area (Å²) in [6, 6.07) is 10.6. The Kier molecular flexibility index (Phi) is 6.56. The Morgan fingerprint density at radius 2 is 2.07 bits per heavy atom. The van der Waals surface area contributed by atoms with E-state index in [1.807, 2.05) is 18.2 Å². The summed E-state index contributed by atoms with van der Waals surface area (Å²) in [5, 5.41) is 10.5. The van der Waals surface area contributed by atoms with Crippen LogP contribution < -0.4 is 14.8 Å². The van der Waals surface area contributed by atoms with Crippen molar-refractivity contribution in [3.05, 3.63) is 77.0 Å². The van der Waals surface area contributed by atoms with Crippen molar-refractivity contribution in [2.24, 2.45) is 4.99 Å². The summed E-state index contributed by atoms with van der Waals surface area (Å²) < 4.78 is 11.6. The second-order valence-corrected chi connectivity index (χ2v) is 7.10. The number of hydrogen-bond donors (Lipinski definition) is 1. The summed E-state index contributed by atoms with van der Waals surface area (Å²) in [7, 11) is 3.21. The minimum Gasteiger partial charge on any atom is -0.497 e. The first-order chi connectivity index (χ1) is 14.0. The molecule has 0 radical (unpaired) electrons. The van der Waals surface area contributed by atoms with E-state index in [0.29, 0.717) is 38.8 Å². The molecule has 3 aromatic rings. The maximum Gasteiger partial charge on any atom is 0.280 e. The second-order valence-electron chi connectivity index (χ2n) is 6.13. The lowest BCUT2D eigenvalue weighted by Gasteiger charge is -2.11. The van der Waals surface area contributed by atoms with E-state index in [9.17, 15) is 10.0 Å². The molecule has 0 bridgehead atoms. The van der Waals surface area contributed by atoms with Crippen LogP contribution in [0.2, 0.25) is 0 Å². The van der Waals surface area contributed by atoms with Gasteiger partial charge in [0.2, 0.25) is 0 Å². The molecule has 150 valence electrons. The summed E-state index contributed by atoms with van der Waals surface area (Å²) in [5.74, 6) is 1.61. The second kappa shape index (κ2) is 9.29. The smallest absolute Gasteiger partial charge is 0.280 e. The summed E-state index contributed by atoms with van der Waals surface area (Å²) in [4.78, 5) is 21.3. The van der Waals surface area contributed by atoms with Crippen molar-refractivity contribution in [1.82, 2.24) is 9.71 Å². The highest BCUT2D eigenvalue weighted by Gasteiger charge is 2.14. The van der Waals surface area contributed by atoms with Gasteiger partial charge in [0, 0.05) is 36.0 Å². The van der Waals surface area contributed by atoms with Crippen molar-refractivity contribution in [2.45, 2.75) is 17.7 Å². The molecule has 0 atom stereocenters. The molecule has 8 heteroatoms. The van der Waals surface area contributed by atoms with Gasteiger partial charge in [-0.2, -0.15) is 0 Å². The van der Waals surface area contributed by atoms with Crippen LogP contribution in [0.25, 0.3) is 0 Å². The summed E-state index contributed by atoms with van der Waals surface area (Å²) in [5.41, 5.74) is 2.07. The van der Waals surface area contributed by atoms with E-state index < -0.39 is 0 Å². The number of methoxy groups -OCH3 is 2. The molecule has 29 heavy (non-hydrogen) atoms. The van der Waals surface area contributed by atoms with Crippen molar-refractivity contribution in [2.75, 3.05) is 14.2 Å². The molecule has 2 heterocycles. The molecule has 1 aromatic carbocycles. The van der Waals surface area contributed by atoms with Gasteiger partial charge in [0.05, 0.1) is 25.1 Å². The van der Waals surface area contributed by atoms with Gasteiger partial charge in [-0.25, -0.2) is 14.7 Å². The number of nitrogens with zero attached hydrogens (tertiary/aromatic N) is 3. The molecule has 0 aliphatic rings. The molecule has 0 spiro atoms. The van der Waals surface area contributed by atoms with Crippen LogP contribution >= 0.6 is 11.8 Å². The first kappa shape index (κ1) is 20.5. The van der Waals surface area contributed by atoms with E-state index in [-0.39, 0.29) is 5.91 Å². The van der Waals surface area contributed by atoms with Gasteiger partial charge in [0.1, 0.15) is 16.5 Å². The Bertz CT molecular complexity index is 1100. The molecule has 0 saturated carbocycles. The van der Waals surface area contributed by atoms with Gasteiger partial charge in [-0.1, -0.05) is 6.07 Å². The lowest BCUT2D eigenvalue weighted by atomic mass is 10.2. The molecule has 0 fully saturated rings. The van der Waals surface area contributed by atoms with Crippen LogP contribution in [0.15, 0.2) is 65.0 Å². The number of benzene rings is 1. The Morgan fingerprint density at radius 3 is 2.79 bits per heavy atom. The zero-order chi connectivity index (χ0) is 20.8. The largest absolute Gasteiger partial charge is 0.497 e. The number of aromatic nitrogens is 2. The predicted octanol–water partition coefficient (Wildman–Crippen LogP) is 3.48.